The highest BCUT2D eigenvalue weighted by Gasteiger charge is 2.19. The molecule has 2 aromatic rings. The first-order chi connectivity index (χ1) is 10.7. The second-order valence-corrected chi connectivity index (χ2v) is 4.86. The lowest BCUT2D eigenvalue weighted by atomic mass is 10.0. The molecule has 0 aromatic heterocycles. The van der Waals surface area contributed by atoms with Crippen LogP contribution in [-0.4, -0.2) is 32.5 Å². The summed E-state index contributed by atoms with van der Waals surface area (Å²) in [6, 6.07) is 11.5. The van der Waals surface area contributed by atoms with E-state index in [2.05, 4.69) is 6.58 Å². The van der Waals surface area contributed by atoms with E-state index in [4.69, 9.17) is 4.74 Å². The van der Waals surface area contributed by atoms with Crippen LogP contribution in [0.25, 0.3) is 10.8 Å². The fourth-order valence-electron chi connectivity index (χ4n) is 2.51. The van der Waals surface area contributed by atoms with E-state index >= 15 is 0 Å². The molecule has 0 saturated heterocycles. The van der Waals surface area contributed by atoms with Crippen molar-refractivity contribution in [3.05, 3.63) is 54.6 Å². The lowest BCUT2D eigenvalue weighted by Gasteiger charge is -2.25. The Morgan fingerprint density at radius 2 is 2.05 bits per heavy atom. The van der Waals surface area contributed by atoms with E-state index in [0.29, 0.717) is 25.1 Å². The summed E-state index contributed by atoms with van der Waals surface area (Å²) in [5, 5.41) is 1.81. The van der Waals surface area contributed by atoms with Gasteiger partial charge in [0, 0.05) is 19.5 Å². The summed E-state index contributed by atoms with van der Waals surface area (Å²) in [6.07, 6.45) is 3.01. The van der Waals surface area contributed by atoms with Crippen LogP contribution >= 0.6 is 0 Å². The van der Waals surface area contributed by atoms with Gasteiger partial charge in [0.2, 0.25) is 0 Å². The third-order valence-electron chi connectivity index (χ3n) is 3.50. The van der Waals surface area contributed by atoms with Crippen molar-refractivity contribution >= 4 is 28.7 Å². The van der Waals surface area contributed by atoms with E-state index < -0.39 is 0 Å². The van der Waals surface area contributed by atoms with Crippen LogP contribution in [0, 0.1) is 0 Å². The van der Waals surface area contributed by atoms with Gasteiger partial charge in [-0.3, -0.25) is 0 Å². The van der Waals surface area contributed by atoms with Crippen molar-refractivity contribution in [1.82, 2.24) is 0 Å². The maximum absolute atomic E-state index is 12.3. The van der Waals surface area contributed by atoms with Crippen molar-refractivity contribution in [1.29, 1.82) is 0 Å². The molecule has 2 aromatic carbocycles. The van der Waals surface area contributed by atoms with Gasteiger partial charge in [-0.2, -0.15) is 0 Å². The molecular weight excluding hydrogens is 278 g/mol. The van der Waals surface area contributed by atoms with Crippen LogP contribution < -0.4 is 4.90 Å². The van der Waals surface area contributed by atoms with E-state index in [1.54, 1.807) is 6.08 Å². The Bertz CT molecular complexity index is 694. The monoisotopic (exact) mass is 297 g/mol. The quantitative estimate of drug-likeness (QED) is 0.447. The molecule has 0 aliphatic rings. The second kappa shape index (κ2) is 7.41. The summed E-state index contributed by atoms with van der Waals surface area (Å²) in [7, 11) is 1.37. The molecule has 0 N–H and O–H groups in total. The van der Waals surface area contributed by atoms with Crippen molar-refractivity contribution in [3.63, 3.8) is 0 Å². The Morgan fingerprint density at radius 1 is 1.27 bits per heavy atom. The number of rotatable bonds is 7. The number of carbonyl (C=O) groups is 2. The van der Waals surface area contributed by atoms with Gasteiger partial charge in [-0.1, -0.05) is 36.4 Å². The molecule has 0 amide bonds. The van der Waals surface area contributed by atoms with Gasteiger partial charge in [-0.25, -0.2) is 4.79 Å². The standard InChI is InChI=1S/C18H19NO3/c1-3-11-19(12-6-13-20)16-10-9-14-7-4-5-8-15(14)17(16)18(21)22-2/h3-5,7-10,13H,1,6,11-12H2,2H3. The van der Waals surface area contributed by atoms with Crippen molar-refractivity contribution in [2.75, 3.05) is 25.1 Å². The average Bonchev–Trinajstić information content (AvgIpc) is 2.57. The summed E-state index contributed by atoms with van der Waals surface area (Å²) >= 11 is 0. The number of nitrogens with zero attached hydrogens (tertiary/aromatic N) is 1. The maximum atomic E-state index is 12.3. The SMILES string of the molecule is C=CCN(CCC=O)c1ccc2ccccc2c1C(=O)OC. The molecule has 0 unspecified atom stereocenters. The number of anilines is 1. The highest BCUT2D eigenvalue weighted by Crippen LogP contribution is 2.30. The predicted octanol–water partition coefficient (Wildman–Crippen LogP) is 3.21. The Hall–Kier alpha value is -2.62. The van der Waals surface area contributed by atoms with Crippen LogP contribution in [0.2, 0.25) is 0 Å². The fourth-order valence-corrected chi connectivity index (χ4v) is 2.51. The molecular formula is C18H19NO3. The van der Waals surface area contributed by atoms with E-state index in [9.17, 15) is 9.59 Å². The molecule has 2 rings (SSSR count). The Balaban J connectivity index is 2.61. The van der Waals surface area contributed by atoms with Crippen molar-refractivity contribution in [3.8, 4) is 0 Å². The van der Waals surface area contributed by atoms with Gasteiger partial charge in [0.05, 0.1) is 18.4 Å². The predicted molar refractivity (Wildman–Crippen MR) is 88.4 cm³/mol. The van der Waals surface area contributed by atoms with Crippen LogP contribution in [0.1, 0.15) is 16.8 Å². The van der Waals surface area contributed by atoms with Gasteiger partial charge in [0.15, 0.2) is 0 Å². The van der Waals surface area contributed by atoms with Crippen molar-refractivity contribution < 1.29 is 14.3 Å². The lowest BCUT2D eigenvalue weighted by molar-refractivity contribution is -0.107. The van der Waals surface area contributed by atoms with Gasteiger partial charge in [0.25, 0.3) is 0 Å². The number of fused-ring (bicyclic) bond motifs is 1. The lowest BCUT2D eigenvalue weighted by Crippen LogP contribution is -2.27. The Morgan fingerprint density at radius 3 is 2.73 bits per heavy atom. The van der Waals surface area contributed by atoms with Gasteiger partial charge in [-0.15, -0.1) is 6.58 Å². The zero-order chi connectivity index (χ0) is 15.9. The van der Waals surface area contributed by atoms with Crippen LogP contribution in [0.15, 0.2) is 49.1 Å². The minimum absolute atomic E-state index is 0.382. The summed E-state index contributed by atoms with van der Waals surface area (Å²) in [6.45, 7) is 4.82. The van der Waals surface area contributed by atoms with Gasteiger partial charge >= 0.3 is 5.97 Å². The molecule has 22 heavy (non-hydrogen) atoms. The minimum atomic E-state index is -0.382. The van der Waals surface area contributed by atoms with E-state index in [0.717, 1.165) is 22.7 Å². The van der Waals surface area contributed by atoms with Crippen molar-refractivity contribution in [2.45, 2.75) is 6.42 Å². The number of benzene rings is 2. The summed E-state index contributed by atoms with van der Waals surface area (Å²) < 4.78 is 4.96. The number of carbonyl (C=O) groups excluding carboxylic acids is 2. The van der Waals surface area contributed by atoms with Crippen molar-refractivity contribution in [2.24, 2.45) is 0 Å². The van der Waals surface area contributed by atoms with Crippen LogP contribution in [0.3, 0.4) is 0 Å². The molecule has 0 aliphatic heterocycles. The number of ether oxygens (including phenoxy) is 1. The maximum Gasteiger partial charge on any atom is 0.340 e. The molecule has 0 radical (unpaired) electrons. The topological polar surface area (TPSA) is 46.6 Å². The number of esters is 1. The highest BCUT2D eigenvalue weighted by atomic mass is 16.5. The number of hydrogen-bond donors (Lipinski definition) is 0. The third kappa shape index (κ3) is 3.17. The minimum Gasteiger partial charge on any atom is -0.465 e. The van der Waals surface area contributed by atoms with Crippen LogP contribution in [-0.2, 0) is 9.53 Å². The highest BCUT2D eigenvalue weighted by molar-refractivity contribution is 6.09. The zero-order valence-corrected chi connectivity index (χ0v) is 12.6. The fraction of sp³-hybridized carbons (Fsp3) is 0.222. The van der Waals surface area contributed by atoms with Crippen LogP contribution in [0.5, 0.6) is 0 Å². The first-order valence-electron chi connectivity index (χ1n) is 7.12. The molecule has 0 saturated carbocycles. The molecule has 0 spiro atoms. The zero-order valence-electron chi connectivity index (χ0n) is 12.6. The molecule has 0 atom stereocenters. The molecule has 0 bridgehead atoms. The first kappa shape index (κ1) is 15.8. The van der Waals surface area contributed by atoms with Crippen LogP contribution in [0.4, 0.5) is 5.69 Å². The number of aldehydes is 1. The summed E-state index contributed by atoms with van der Waals surface area (Å²) in [5.74, 6) is -0.382. The summed E-state index contributed by atoms with van der Waals surface area (Å²) in [5.41, 5.74) is 1.28. The van der Waals surface area contributed by atoms with E-state index in [1.165, 1.54) is 7.11 Å². The Labute approximate surface area is 130 Å². The Kier molecular flexibility index (Phi) is 5.31. The molecule has 0 aliphatic carbocycles. The smallest absolute Gasteiger partial charge is 0.340 e. The molecule has 0 fully saturated rings. The molecule has 4 nitrogen and oxygen atoms in total. The first-order valence-corrected chi connectivity index (χ1v) is 7.12. The van der Waals surface area contributed by atoms with Gasteiger partial charge in [-0.05, 0) is 16.8 Å². The molecule has 114 valence electrons. The van der Waals surface area contributed by atoms with Gasteiger partial charge < -0.3 is 14.4 Å². The molecule has 4 heteroatoms. The van der Waals surface area contributed by atoms with E-state index in [1.807, 2.05) is 41.3 Å². The van der Waals surface area contributed by atoms with Gasteiger partial charge in [0.1, 0.15) is 6.29 Å². The summed E-state index contributed by atoms with van der Waals surface area (Å²) in [4.78, 5) is 24.9. The van der Waals surface area contributed by atoms with E-state index in [-0.39, 0.29) is 5.97 Å². The molecule has 0 heterocycles. The second-order valence-electron chi connectivity index (χ2n) is 4.86. The number of methoxy groups -OCH3 is 1. The third-order valence-corrected chi connectivity index (χ3v) is 3.50. The largest absolute Gasteiger partial charge is 0.465 e. The average molecular weight is 297 g/mol. The number of hydrogen-bond acceptors (Lipinski definition) is 4. The normalized spacial score (nSPS) is 10.2.